The normalized spacial score (nSPS) is 12.7. The second kappa shape index (κ2) is 5.45. The zero-order chi connectivity index (χ0) is 14.2. The van der Waals surface area contributed by atoms with E-state index in [0.29, 0.717) is 10.0 Å². The third-order valence-electron chi connectivity index (χ3n) is 3.37. The fourth-order valence-electron chi connectivity index (χ4n) is 2.31. The predicted octanol–water partition coefficient (Wildman–Crippen LogP) is 3.66. The summed E-state index contributed by atoms with van der Waals surface area (Å²) in [4.78, 5) is 0. The summed E-state index contributed by atoms with van der Waals surface area (Å²) in [5.41, 5.74) is 5.04. The van der Waals surface area contributed by atoms with Crippen LogP contribution in [0.15, 0.2) is 27.1 Å². The van der Waals surface area contributed by atoms with Gasteiger partial charge >= 0.3 is 0 Å². The number of halogens is 2. The Hall–Kier alpha value is -1.17. The minimum absolute atomic E-state index is 0.317. The fourth-order valence-corrected chi connectivity index (χ4v) is 2.69. The highest BCUT2D eigenvalue weighted by atomic mass is 79.9. The first kappa shape index (κ1) is 14.2. The second-order valence-corrected chi connectivity index (χ2v) is 5.35. The molecule has 2 rings (SSSR count). The van der Waals surface area contributed by atoms with Gasteiger partial charge in [-0.15, -0.1) is 0 Å². The van der Waals surface area contributed by atoms with E-state index in [2.05, 4.69) is 21.4 Å². The van der Waals surface area contributed by atoms with Gasteiger partial charge in [0.15, 0.2) is 0 Å². The number of aryl methyl sites for hydroxylation is 2. The van der Waals surface area contributed by atoms with E-state index >= 15 is 0 Å². The Bertz CT molecular complexity index is 610. The molecule has 0 fully saturated rings. The van der Waals surface area contributed by atoms with Gasteiger partial charge in [0.1, 0.15) is 17.3 Å². The SMILES string of the molecule is Cc1oc(C)c(C(NN)c2cccc(Br)c2F)c1C. The molecule has 0 radical (unpaired) electrons. The number of hydrogen-bond acceptors (Lipinski definition) is 3. The Balaban J connectivity index is 2.60. The Morgan fingerprint density at radius 3 is 2.47 bits per heavy atom. The molecule has 102 valence electrons. The molecule has 1 atom stereocenters. The molecule has 19 heavy (non-hydrogen) atoms. The van der Waals surface area contributed by atoms with E-state index in [1.165, 1.54) is 0 Å². The zero-order valence-electron chi connectivity index (χ0n) is 11.1. The minimum atomic E-state index is -0.435. The topological polar surface area (TPSA) is 51.2 Å². The monoisotopic (exact) mass is 326 g/mol. The standard InChI is InChI=1S/C14H16BrFN2O/c1-7-8(2)19-9(3)12(7)14(18-17)10-5-4-6-11(15)13(10)16/h4-6,14,18H,17H2,1-3H3. The number of hydrogen-bond donors (Lipinski definition) is 2. The van der Waals surface area contributed by atoms with Crippen LogP contribution in [0.3, 0.4) is 0 Å². The van der Waals surface area contributed by atoms with Crippen LogP contribution in [-0.2, 0) is 0 Å². The molecule has 1 aromatic heterocycles. The van der Waals surface area contributed by atoms with Crippen molar-refractivity contribution in [3.63, 3.8) is 0 Å². The van der Waals surface area contributed by atoms with Crippen LogP contribution in [0.1, 0.15) is 34.3 Å². The van der Waals surface area contributed by atoms with Gasteiger partial charge in [-0.2, -0.15) is 0 Å². The first-order valence-electron chi connectivity index (χ1n) is 5.93. The van der Waals surface area contributed by atoms with Crippen LogP contribution >= 0.6 is 15.9 Å². The fraction of sp³-hybridized carbons (Fsp3) is 0.286. The van der Waals surface area contributed by atoms with Gasteiger partial charge in [0.2, 0.25) is 0 Å². The lowest BCUT2D eigenvalue weighted by Crippen LogP contribution is -2.30. The summed E-state index contributed by atoms with van der Waals surface area (Å²) in [6, 6.07) is 4.72. The van der Waals surface area contributed by atoms with Crippen LogP contribution in [-0.4, -0.2) is 0 Å². The largest absolute Gasteiger partial charge is 0.466 e. The van der Waals surface area contributed by atoms with Gasteiger partial charge < -0.3 is 4.42 Å². The maximum Gasteiger partial charge on any atom is 0.142 e. The highest BCUT2D eigenvalue weighted by Crippen LogP contribution is 2.33. The van der Waals surface area contributed by atoms with E-state index in [9.17, 15) is 4.39 Å². The number of nitrogens with two attached hydrogens (primary N) is 1. The zero-order valence-corrected chi connectivity index (χ0v) is 12.6. The number of benzene rings is 1. The first-order valence-corrected chi connectivity index (χ1v) is 6.73. The lowest BCUT2D eigenvalue weighted by Gasteiger charge is -2.18. The van der Waals surface area contributed by atoms with E-state index in [0.717, 1.165) is 22.6 Å². The molecule has 0 aliphatic carbocycles. The molecule has 0 bridgehead atoms. The van der Waals surface area contributed by atoms with Crippen molar-refractivity contribution in [3.05, 3.63) is 56.7 Å². The molecule has 1 heterocycles. The van der Waals surface area contributed by atoms with Crippen molar-refractivity contribution in [1.29, 1.82) is 0 Å². The van der Waals surface area contributed by atoms with Gasteiger partial charge in [-0.25, -0.2) is 9.82 Å². The van der Waals surface area contributed by atoms with Crippen molar-refractivity contribution in [2.45, 2.75) is 26.8 Å². The summed E-state index contributed by atoms with van der Waals surface area (Å²) >= 11 is 3.19. The third kappa shape index (κ3) is 2.45. The maximum absolute atomic E-state index is 14.2. The molecule has 3 nitrogen and oxygen atoms in total. The van der Waals surface area contributed by atoms with Crippen LogP contribution in [0.4, 0.5) is 4.39 Å². The Kier molecular flexibility index (Phi) is 4.08. The molecule has 0 amide bonds. The van der Waals surface area contributed by atoms with Crippen LogP contribution in [0, 0.1) is 26.6 Å². The highest BCUT2D eigenvalue weighted by molar-refractivity contribution is 9.10. The number of furan rings is 1. The molecule has 3 N–H and O–H groups in total. The summed E-state index contributed by atoms with van der Waals surface area (Å²) in [6.07, 6.45) is 0. The molecule has 0 spiro atoms. The third-order valence-corrected chi connectivity index (χ3v) is 3.98. The summed E-state index contributed by atoms with van der Waals surface area (Å²) in [7, 11) is 0. The van der Waals surface area contributed by atoms with Crippen LogP contribution in [0.2, 0.25) is 0 Å². The van der Waals surface area contributed by atoms with Gasteiger partial charge in [-0.1, -0.05) is 12.1 Å². The van der Waals surface area contributed by atoms with Crippen molar-refractivity contribution >= 4 is 15.9 Å². The molecule has 0 aliphatic rings. The first-order chi connectivity index (χ1) is 8.97. The molecule has 2 aromatic rings. The quantitative estimate of drug-likeness (QED) is 0.668. The van der Waals surface area contributed by atoms with Gasteiger partial charge in [0.25, 0.3) is 0 Å². The smallest absolute Gasteiger partial charge is 0.142 e. The van der Waals surface area contributed by atoms with E-state index in [1.54, 1.807) is 18.2 Å². The Labute approximate surface area is 120 Å². The van der Waals surface area contributed by atoms with E-state index in [-0.39, 0.29) is 5.82 Å². The van der Waals surface area contributed by atoms with Crippen molar-refractivity contribution in [2.75, 3.05) is 0 Å². The van der Waals surface area contributed by atoms with Crippen LogP contribution in [0.25, 0.3) is 0 Å². The molecule has 1 unspecified atom stereocenters. The van der Waals surface area contributed by atoms with Gasteiger partial charge in [0, 0.05) is 11.1 Å². The number of hydrazine groups is 1. The summed E-state index contributed by atoms with van der Waals surface area (Å²) in [5, 5.41) is 0. The Morgan fingerprint density at radius 2 is 1.95 bits per heavy atom. The van der Waals surface area contributed by atoms with Crippen molar-refractivity contribution in [2.24, 2.45) is 5.84 Å². The second-order valence-electron chi connectivity index (χ2n) is 4.50. The van der Waals surface area contributed by atoms with Crippen molar-refractivity contribution in [1.82, 2.24) is 5.43 Å². The summed E-state index contributed by atoms with van der Waals surface area (Å²) in [6.45, 7) is 5.69. The Morgan fingerprint density at radius 1 is 1.26 bits per heavy atom. The molecule has 0 aliphatic heterocycles. The maximum atomic E-state index is 14.2. The molecule has 5 heteroatoms. The van der Waals surface area contributed by atoms with Gasteiger partial charge in [0.05, 0.1) is 10.5 Å². The van der Waals surface area contributed by atoms with E-state index in [4.69, 9.17) is 10.3 Å². The molecule has 1 aromatic carbocycles. The van der Waals surface area contributed by atoms with Crippen molar-refractivity contribution in [3.8, 4) is 0 Å². The highest BCUT2D eigenvalue weighted by Gasteiger charge is 2.24. The van der Waals surface area contributed by atoms with Crippen LogP contribution < -0.4 is 11.3 Å². The minimum Gasteiger partial charge on any atom is -0.466 e. The number of nitrogens with one attached hydrogen (secondary N) is 1. The van der Waals surface area contributed by atoms with E-state index < -0.39 is 6.04 Å². The summed E-state index contributed by atoms with van der Waals surface area (Å²) < 4.78 is 20.2. The number of rotatable bonds is 3. The average molecular weight is 327 g/mol. The summed E-state index contributed by atoms with van der Waals surface area (Å²) in [5.74, 6) is 6.88. The molecule has 0 saturated heterocycles. The average Bonchev–Trinajstić information content (AvgIpc) is 2.62. The predicted molar refractivity (Wildman–Crippen MR) is 76.2 cm³/mol. The van der Waals surface area contributed by atoms with Gasteiger partial charge in [-0.05, 0) is 48.3 Å². The molecular weight excluding hydrogens is 311 g/mol. The lowest BCUT2D eigenvalue weighted by atomic mass is 9.95. The van der Waals surface area contributed by atoms with Crippen molar-refractivity contribution < 1.29 is 8.81 Å². The molecule has 0 saturated carbocycles. The van der Waals surface area contributed by atoms with Crippen LogP contribution in [0.5, 0.6) is 0 Å². The molecular formula is C14H16BrFN2O. The lowest BCUT2D eigenvalue weighted by molar-refractivity contribution is 0.491. The van der Waals surface area contributed by atoms with Gasteiger partial charge in [-0.3, -0.25) is 5.84 Å². The van der Waals surface area contributed by atoms with E-state index in [1.807, 2.05) is 20.8 Å².